The van der Waals surface area contributed by atoms with Crippen molar-refractivity contribution >= 4 is 51.5 Å². The van der Waals surface area contributed by atoms with Crippen LogP contribution in [0.3, 0.4) is 0 Å². The molecule has 202 valence electrons. The number of para-hydroxylation sites is 2. The van der Waals surface area contributed by atoms with Gasteiger partial charge in [-0.15, -0.1) is 0 Å². The van der Waals surface area contributed by atoms with Crippen LogP contribution in [0.5, 0.6) is 0 Å². The number of benzene rings is 4. The lowest BCUT2D eigenvalue weighted by Crippen LogP contribution is -2.08. The SMILES string of the molecule is N=Cc1c(Nc2ccccc2)ccc2c1c1c3c(c4c(c1n2-c1ccccc1-c1ccccn1)C=CCC4)CCC=C3. The average molecular weight is 543 g/mol. The Labute approximate surface area is 245 Å². The van der Waals surface area contributed by atoms with Gasteiger partial charge in [-0.25, -0.2) is 0 Å². The van der Waals surface area contributed by atoms with E-state index >= 15 is 0 Å². The van der Waals surface area contributed by atoms with Crippen LogP contribution in [-0.2, 0) is 12.8 Å². The van der Waals surface area contributed by atoms with Gasteiger partial charge >= 0.3 is 0 Å². The summed E-state index contributed by atoms with van der Waals surface area (Å²) in [5.41, 5.74) is 13.8. The number of hydrogen-bond acceptors (Lipinski definition) is 3. The molecular formula is C38H30N4. The van der Waals surface area contributed by atoms with Gasteiger partial charge in [-0.3, -0.25) is 4.98 Å². The van der Waals surface area contributed by atoms with Gasteiger partial charge in [0.2, 0.25) is 0 Å². The van der Waals surface area contributed by atoms with Crippen molar-refractivity contribution in [3.05, 3.63) is 131 Å². The number of pyridine rings is 1. The van der Waals surface area contributed by atoms with E-state index in [-0.39, 0.29) is 0 Å². The van der Waals surface area contributed by atoms with E-state index in [0.29, 0.717) is 0 Å². The molecule has 0 aliphatic heterocycles. The second-order valence-electron chi connectivity index (χ2n) is 11.0. The van der Waals surface area contributed by atoms with Gasteiger partial charge in [0, 0.05) is 51.2 Å². The Kier molecular flexibility index (Phi) is 5.85. The first-order valence-electron chi connectivity index (χ1n) is 14.7. The van der Waals surface area contributed by atoms with E-state index in [0.717, 1.165) is 70.5 Å². The molecule has 0 atom stereocenters. The van der Waals surface area contributed by atoms with E-state index in [1.54, 1.807) is 0 Å². The number of anilines is 2. The van der Waals surface area contributed by atoms with Crippen LogP contribution in [0, 0.1) is 5.41 Å². The van der Waals surface area contributed by atoms with Gasteiger partial charge in [0.25, 0.3) is 0 Å². The van der Waals surface area contributed by atoms with Gasteiger partial charge in [0.1, 0.15) is 0 Å². The lowest BCUT2D eigenvalue weighted by Gasteiger charge is -2.24. The van der Waals surface area contributed by atoms with E-state index in [9.17, 15) is 0 Å². The summed E-state index contributed by atoms with van der Waals surface area (Å²) in [7, 11) is 0. The summed E-state index contributed by atoms with van der Waals surface area (Å²) >= 11 is 0. The topological polar surface area (TPSA) is 53.7 Å². The van der Waals surface area contributed by atoms with Crippen molar-refractivity contribution in [1.82, 2.24) is 9.55 Å². The van der Waals surface area contributed by atoms with Crippen molar-refractivity contribution < 1.29 is 0 Å². The Morgan fingerprint density at radius 1 is 0.738 bits per heavy atom. The lowest BCUT2D eigenvalue weighted by atomic mass is 9.82. The van der Waals surface area contributed by atoms with E-state index in [4.69, 9.17) is 10.4 Å². The number of allylic oxidation sites excluding steroid dienone is 2. The summed E-state index contributed by atoms with van der Waals surface area (Å²) in [6, 6.07) is 29.2. The molecule has 4 nitrogen and oxygen atoms in total. The minimum atomic E-state index is 0.899. The fourth-order valence-corrected chi connectivity index (χ4v) is 6.93. The summed E-state index contributed by atoms with van der Waals surface area (Å²) in [5, 5.41) is 14.7. The van der Waals surface area contributed by atoms with Crippen LogP contribution in [0.15, 0.2) is 103 Å². The molecule has 0 fully saturated rings. The van der Waals surface area contributed by atoms with E-state index < -0.39 is 0 Å². The molecule has 2 aliphatic carbocycles. The van der Waals surface area contributed by atoms with Crippen molar-refractivity contribution in [1.29, 1.82) is 5.41 Å². The third-order valence-electron chi connectivity index (χ3n) is 8.69. The third kappa shape index (κ3) is 3.76. The highest BCUT2D eigenvalue weighted by Crippen LogP contribution is 2.46. The highest BCUT2D eigenvalue weighted by Gasteiger charge is 2.28. The van der Waals surface area contributed by atoms with Gasteiger partial charge in [-0.1, -0.05) is 66.8 Å². The predicted octanol–water partition coefficient (Wildman–Crippen LogP) is 9.51. The van der Waals surface area contributed by atoms with Gasteiger partial charge in [0.05, 0.1) is 22.4 Å². The molecule has 2 aliphatic rings. The summed E-state index contributed by atoms with van der Waals surface area (Å²) in [5.74, 6) is 0. The van der Waals surface area contributed by atoms with E-state index in [1.807, 2.05) is 36.5 Å². The number of fused-ring (bicyclic) bond motifs is 8. The maximum absolute atomic E-state index is 8.71. The number of hydrogen-bond donors (Lipinski definition) is 2. The van der Waals surface area contributed by atoms with Crippen molar-refractivity contribution in [2.24, 2.45) is 0 Å². The van der Waals surface area contributed by atoms with Gasteiger partial charge in [-0.05, 0) is 84.8 Å². The average Bonchev–Trinajstić information content (AvgIpc) is 3.41. The molecular weight excluding hydrogens is 512 g/mol. The van der Waals surface area contributed by atoms with Crippen LogP contribution in [0.4, 0.5) is 11.4 Å². The predicted molar refractivity (Wildman–Crippen MR) is 176 cm³/mol. The number of rotatable bonds is 5. The minimum Gasteiger partial charge on any atom is -0.355 e. The molecule has 0 unspecified atom stereocenters. The zero-order chi connectivity index (χ0) is 28.0. The Morgan fingerprint density at radius 2 is 1.48 bits per heavy atom. The summed E-state index contributed by atoms with van der Waals surface area (Å²) in [6.07, 6.45) is 16.9. The van der Waals surface area contributed by atoms with Crippen LogP contribution >= 0.6 is 0 Å². The van der Waals surface area contributed by atoms with Crippen LogP contribution in [0.1, 0.15) is 40.7 Å². The van der Waals surface area contributed by atoms with Gasteiger partial charge in [0.15, 0.2) is 0 Å². The normalized spacial score (nSPS) is 13.7. The molecule has 0 spiro atoms. The molecule has 6 aromatic rings. The molecule has 0 bridgehead atoms. The molecule has 0 saturated heterocycles. The molecule has 4 aromatic carbocycles. The maximum atomic E-state index is 8.71. The van der Waals surface area contributed by atoms with Gasteiger partial charge < -0.3 is 15.3 Å². The molecule has 4 heteroatoms. The molecule has 2 aromatic heterocycles. The minimum absolute atomic E-state index is 0.899. The highest BCUT2D eigenvalue weighted by atomic mass is 15.0. The number of aromatic nitrogens is 2. The Bertz CT molecular complexity index is 2060. The summed E-state index contributed by atoms with van der Waals surface area (Å²) < 4.78 is 2.44. The monoisotopic (exact) mass is 542 g/mol. The molecule has 8 rings (SSSR count). The van der Waals surface area contributed by atoms with Crippen molar-refractivity contribution in [3.8, 4) is 16.9 Å². The Hall–Kier alpha value is -5.22. The second-order valence-corrected chi connectivity index (χ2v) is 11.0. The summed E-state index contributed by atoms with van der Waals surface area (Å²) in [4.78, 5) is 4.75. The first-order chi connectivity index (χ1) is 20.8. The van der Waals surface area contributed by atoms with Crippen LogP contribution < -0.4 is 5.32 Å². The van der Waals surface area contributed by atoms with Crippen LogP contribution in [0.25, 0.3) is 50.9 Å². The van der Waals surface area contributed by atoms with E-state index in [1.165, 1.54) is 39.4 Å². The molecule has 42 heavy (non-hydrogen) atoms. The van der Waals surface area contributed by atoms with E-state index in [2.05, 4.69) is 88.8 Å². The first-order valence-corrected chi connectivity index (χ1v) is 14.7. The Balaban J connectivity index is 1.55. The molecule has 0 saturated carbocycles. The van der Waals surface area contributed by atoms with Crippen molar-refractivity contribution in [2.45, 2.75) is 25.7 Å². The smallest absolute Gasteiger partial charge is 0.0723 e. The fraction of sp³-hybridized carbons (Fsp3) is 0.105. The zero-order valence-electron chi connectivity index (χ0n) is 23.3. The summed E-state index contributed by atoms with van der Waals surface area (Å²) in [6.45, 7) is 0. The van der Waals surface area contributed by atoms with Gasteiger partial charge in [-0.2, -0.15) is 0 Å². The Morgan fingerprint density at radius 3 is 2.26 bits per heavy atom. The largest absolute Gasteiger partial charge is 0.355 e. The molecule has 2 N–H and O–H groups in total. The van der Waals surface area contributed by atoms with Crippen molar-refractivity contribution in [2.75, 3.05) is 5.32 Å². The fourth-order valence-electron chi connectivity index (χ4n) is 6.93. The van der Waals surface area contributed by atoms with Crippen LogP contribution in [-0.4, -0.2) is 15.8 Å². The standard InChI is InChI=1S/C38H30N4/c39-24-31-33(41-25-12-2-1-3-13-25)21-22-35-36(31)37-28-16-6-4-14-26(28)27-15-5-7-17-29(27)38(37)42(35)34-20-9-8-18-30(34)32-19-10-11-23-40-32/h1-3,6-13,16-24,39,41H,4-5,14-15H2. The molecule has 0 amide bonds. The zero-order valence-corrected chi connectivity index (χ0v) is 23.3. The first kappa shape index (κ1) is 24.6. The highest BCUT2D eigenvalue weighted by molar-refractivity contribution is 6.22. The molecule has 2 heterocycles. The molecule has 0 radical (unpaired) electrons. The maximum Gasteiger partial charge on any atom is 0.0723 e. The number of nitrogens with one attached hydrogen (secondary N) is 2. The second kappa shape index (κ2) is 10.0. The quantitative estimate of drug-likeness (QED) is 0.213. The number of nitrogens with zero attached hydrogens (tertiary/aromatic N) is 2. The third-order valence-corrected chi connectivity index (χ3v) is 8.69. The van der Waals surface area contributed by atoms with Crippen molar-refractivity contribution in [3.63, 3.8) is 0 Å². The van der Waals surface area contributed by atoms with Crippen LogP contribution in [0.2, 0.25) is 0 Å². The lowest BCUT2D eigenvalue weighted by molar-refractivity contribution is 0.909.